The molecule has 0 spiro atoms. The third kappa shape index (κ3) is 2.44. The molecule has 2 aromatic carbocycles. The topological polar surface area (TPSA) is 24.9 Å². The lowest BCUT2D eigenvalue weighted by Crippen LogP contribution is -1.92. The number of aromatic nitrogens is 1. The van der Waals surface area contributed by atoms with Gasteiger partial charge in [0, 0.05) is 10.7 Å². The molecule has 0 aliphatic carbocycles. The number of fused-ring (bicyclic) bond motifs is 1. The molecule has 0 saturated carbocycles. The Kier molecular flexibility index (Phi) is 3.17. The molecular formula is C15H13ClN2S. The fraction of sp³-hybridized carbons (Fsp3) is 0.133. The van der Waals surface area contributed by atoms with Crippen LogP contribution in [0.15, 0.2) is 36.4 Å². The van der Waals surface area contributed by atoms with Crippen LogP contribution in [0.2, 0.25) is 5.02 Å². The maximum atomic E-state index is 6.12. The van der Waals surface area contributed by atoms with Crippen LogP contribution < -0.4 is 5.32 Å². The molecule has 0 unspecified atom stereocenters. The van der Waals surface area contributed by atoms with Gasteiger partial charge in [-0.25, -0.2) is 4.98 Å². The Labute approximate surface area is 121 Å². The third-order valence-electron chi connectivity index (χ3n) is 3.05. The van der Waals surface area contributed by atoms with E-state index in [4.69, 9.17) is 11.6 Å². The van der Waals surface area contributed by atoms with E-state index in [0.29, 0.717) is 0 Å². The van der Waals surface area contributed by atoms with Crippen molar-refractivity contribution in [2.75, 3.05) is 5.32 Å². The van der Waals surface area contributed by atoms with Crippen LogP contribution in [0.5, 0.6) is 0 Å². The predicted octanol–water partition coefficient (Wildman–Crippen LogP) is 5.31. The molecule has 0 amide bonds. The molecule has 0 atom stereocenters. The summed E-state index contributed by atoms with van der Waals surface area (Å²) in [4.78, 5) is 4.58. The van der Waals surface area contributed by atoms with Crippen molar-refractivity contribution in [2.24, 2.45) is 0 Å². The zero-order chi connectivity index (χ0) is 13.4. The van der Waals surface area contributed by atoms with Crippen LogP contribution in [0.3, 0.4) is 0 Å². The van der Waals surface area contributed by atoms with Gasteiger partial charge in [0.2, 0.25) is 0 Å². The fourth-order valence-electron chi connectivity index (χ4n) is 1.94. The maximum absolute atomic E-state index is 6.12. The minimum absolute atomic E-state index is 0.766. The Hall–Kier alpha value is -1.58. The van der Waals surface area contributed by atoms with Crippen LogP contribution in [-0.4, -0.2) is 4.98 Å². The molecule has 1 aromatic heterocycles. The molecule has 3 aromatic rings. The second kappa shape index (κ2) is 4.83. The average Bonchev–Trinajstić information content (AvgIpc) is 2.76. The summed E-state index contributed by atoms with van der Waals surface area (Å²) >= 11 is 7.78. The molecule has 0 aliphatic heterocycles. The quantitative estimate of drug-likeness (QED) is 0.691. The van der Waals surface area contributed by atoms with Crippen molar-refractivity contribution >= 4 is 44.0 Å². The second-order valence-corrected chi connectivity index (χ2v) is 5.97. The highest BCUT2D eigenvalue weighted by Gasteiger charge is 2.07. The number of hydrogen-bond acceptors (Lipinski definition) is 3. The number of rotatable bonds is 2. The summed E-state index contributed by atoms with van der Waals surface area (Å²) in [6.45, 7) is 4.09. The number of hydrogen-bond donors (Lipinski definition) is 1. The molecule has 19 heavy (non-hydrogen) atoms. The molecule has 0 bridgehead atoms. The van der Waals surface area contributed by atoms with Gasteiger partial charge in [0.25, 0.3) is 0 Å². The lowest BCUT2D eigenvalue weighted by Gasteiger charge is -2.07. The van der Waals surface area contributed by atoms with E-state index in [1.165, 1.54) is 10.3 Å². The summed E-state index contributed by atoms with van der Waals surface area (Å²) in [5, 5.41) is 5.00. The summed E-state index contributed by atoms with van der Waals surface area (Å²) in [6.07, 6.45) is 0. The Bertz CT molecular complexity index is 749. The first-order valence-electron chi connectivity index (χ1n) is 6.03. The highest BCUT2D eigenvalue weighted by atomic mass is 35.5. The molecule has 0 saturated heterocycles. The summed E-state index contributed by atoms with van der Waals surface area (Å²) < 4.78 is 1.20. The largest absolute Gasteiger partial charge is 0.331 e. The van der Waals surface area contributed by atoms with Gasteiger partial charge in [-0.05, 0) is 49.2 Å². The minimum atomic E-state index is 0.766. The van der Waals surface area contributed by atoms with Gasteiger partial charge in [-0.3, -0.25) is 0 Å². The molecule has 0 radical (unpaired) electrons. The molecule has 0 aliphatic rings. The SMILES string of the molecule is Cc1ccc2nc(Nc3cccc(Cl)c3C)sc2c1. The van der Waals surface area contributed by atoms with E-state index >= 15 is 0 Å². The van der Waals surface area contributed by atoms with E-state index < -0.39 is 0 Å². The molecule has 3 rings (SSSR count). The van der Waals surface area contributed by atoms with Gasteiger partial charge >= 0.3 is 0 Å². The highest BCUT2D eigenvalue weighted by molar-refractivity contribution is 7.22. The standard InChI is InChI=1S/C15H13ClN2S/c1-9-6-7-13-14(8-9)19-15(18-13)17-12-5-3-4-11(16)10(12)2/h3-8H,1-2H3,(H,17,18). The lowest BCUT2D eigenvalue weighted by atomic mass is 10.2. The van der Waals surface area contributed by atoms with E-state index in [2.05, 4.69) is 35.4 Å². The van der Waals surface area contributed by atoms with Crippen LogP contribution >= 0.6 is 22.9 Å². The van der Waals surface area contributed by atoms with Crippen molar-refractivity contribution in [1.29, 1.82) is 0 Å². The number of anilines is 2. The molecule has 2 nitrogen and oxygen atoms in total. The van der Waals surface area contributed by atoms with E-state index in [-0.39, 0.29) is 0 Å². The molecule has 4 heteroatoms. The Morgan fingerprint density at radius 3 is 2.84 bits per heavy atom. The predicted molar refractivity (Wildman–Crippen MR) is 83.8 cm³/mol. The molecule has 1 N–H and O–H groups in total. The van der Waals surface area contributed by atoms with Crippen molar-refractivity contribution < 1.29 is 0 Å². The van der Waals surface area contributed by atoms with Gasteiger partial charge in [0.05, 0.1) is 10.2 Å². The number of aryl methyl sites for hydroxylation is 1. The second-order valence-electron chi connectivity index (χ2n) is 4.53. The maximum Gasteiger partial charge on any atom is 0.188 e. The van der Waals surface area contributed by atoms with E-state index in [9.17, 15) is 0 Å². The van der Waals surface area contributed by atoms with Crippen molar-refractivity contribution in [1.82, 2.24) is 4.98 Å². The molecule has 1 heterocycles. The summed E-state index contributed by atoms with van der Waals surface area (Å²) in [6, 6.07) is 12.1. The molecular weight excluding hydrogens is 276 g/mol. The van der Waals surface area contributed by atoms with Crippen molar-refractivity contribution in [3.63, 3.8) is 0 Å². The van der Waals surface area contributed by atoms with Crippen molar-refractivity contribution in [3.05, 3.63) is 52.5 Å². The molecule has 96 valence electrons. The van der Waals surface area contributed by atoms with E-state index in [0.717, 1.165) is 26.9 Å². The first-order valence-corrected chi connectivity index (χ1v) is 7.22. The van der Waals surface area contributed by atoms with Gasteiger partial charge in [-0.15, -0.1) is 0 Å². The third-order valence-corrected chi connectivity index (χ3v) is 4.40. The number of thiazole rings is 1. The smallest absolute Gasteiger partial charge is 0.188 e. The van der Waals surface area contributed by atoms with Crippen LogP contribution in [0.25, 0.3) is 10.2 Å². The van der Waals surface area contributed by atoms with Gasteiger partial charge in [-0.1, -0.05) is 35.1 Å². The summed E-state index contributed by atoms with van der Waals surface area (Å²) in [5.41, 5.74) is 4.32. The number of halogens is 1. The fourth-order valence-corrected chi connectivity index (χ4v) is 3.09. The van der Waals surface area contributed by atoms with Crippen LogP contribution in [0, 0.1) is 13.8 Å². The average molecular weight is 289 g/mol. The summed E-state index contributed by atoms with van der Waals surface area (Å²) in [7, 11) is 0. The zero-order valence-corrected chi connectivity index (χ0v) is 12.3. The Morgan fingerprint density at radius 1 is 1.16 bits per heavy atom. The normalized spacial score (nSPS) is 10.9. The van der Waals surface area contributed by atoms with Crippen LogP contribution in [-0.2, 0) is 0 Å². The number of benzene rings is 2. The number of nitrogens with one attached hydrogen (secondary N) is 1. The lowest BCUT2D eigenvalue weighted by molar-refractivity contribution is 1.39. The monoisotopic (exact) mass is 288 g/mol. The summed E-state index contributed by atoms with van der Waals surface area (Å²) in [5.74, 6) is 0. The van der Waals surface area contributed by atoms with Crippen molar-refractivity contribution in [3.8, 4) is 0 Å². The zero-order valence-electron chi connectivity index (χ0n) is 10.7. The first-order chi connectivity index (χ1) is 9.13. The first kappa shape index (κ1) is 12.5. The highest BCUT2D eigenvalue weighted by Crippen LogP contribution is 2.31. The Balaban J connectivity index is 1.99. The number of nitrogens with zero attached hydrogens (tertiary/aromatic N) is 1. The molecule has 0 fully saturated rings. The van der Waals surface area contributed by atoms with Gasteiger partial charge in [0.1, 0.15) is 0 Å². The van der Waals surface area contributed by atoms with Crippen LogP contribution in [0.1, 0.15) is 11.1 Å². The van der Waals surface area contributed by atoms with E-state index in [1.54, 1.807) is 11.3 Å². The minimum Gasteiger partial charge on any atom is -0.331 e. The van der Waals surface area contributed by atoms with Gasteiger partial charge < -0.3 is 5.32 Å². The van der Waals surface area contributed by atoms with Gasteiger partial charge in [-0.2, -0.15) is 0 Å². The van der Waals surface area contributed by atoms with Crippen LogP contribution in [0.4, 0.5) is 10.8 Å². The Morgan fingerprint density at radius 2 is 2.00 bits per heavy atom. The van der Waals surface area contributed by atoms with Crippen molar-refractivity contribution in [2.45, 2.75) is 13.8 Å². The van der Waals surface area contributed by atoms with E-state index in [1.807, 2.05) is 25.1 Å². The van der Waals surface area contributed by atoms with Gasteiger partial charge in [0.15, 0.2) is 5.13 Å².